The first-order chi connectivity index (χ1) is 18.8. The minimum absolute atomic E-state index is 0.0167. The van der Waals surface area contributed by atoms with Gasteiger partial charge in [0.1, 0.15) is 17.5 Å². The number of benzene rings is 2. The average molecular weight is 536 g/mol. The third-order valence-corrected chi connectivity index (χ3v) is 5.49. The quantitative estimate of drug-likeness (QED) is 0.333. The van der Waals surface area contributed by atoms with Crippen LogP contribution in [0.15, 0.2) is 66.7 Å². The highest BCUT2D eigenvalue weighted by molar-refractivity contribution is 5.92. The molecular formula is C28H29N3O8. The van der Waals surface area contributed by atoms with Crippen LogP contribution in [0, 0.1) is 0 Å². The van der Waals surface area contributed by atoms with Crippen LogP contribution in [0.3, 0.4) is 0 Å². The van der Waals surface area contributed by atoms with E-state index in [2.05, 4.69) is 25.1 Å². The third-order valence-electron chi connectivity index (χ3n) is 5.49. The summed E-state index contributed by atoms with van der Waals surface area (Å²) < 4.78 is 20.0. The van der Waals surface area contributed by atoms with Crippen LogP contribution < -0.4 is 20.1 Å². The van der Waals surface area contributed by atoms with Gasteiger partial charge in [-0.05, 0) is 23.3 Å². The fourth-order valence-electron chi connectivity index (χ4n) is 3.55. The molecular weight excluding hydrogens is 506 g/mol. The number of hydrogen-bond acceptors (Lipinski definition) is 9. The molecule has 0 unspecified atom stereocenters. The lowest BCUT2D eigenvalue weighted by Gasteiger charge is -2.19. The number of methoxy groups -OCH3 is 3. The number of carbonyl (C=O) groups is 4. The summed E-state index contributed by atoms with van der Waals surface area (Å²) in [7, 11) is 3.88. The number of aromatic nitrogens is 1. The largest absolute Gasteiger partial charge is 0.497 e. The number of nitrogens with one attached hydrogen (secondary N) is 2. The summed E-state index contributed by atoms with van der Waals surface area (Å²) >= 11 is 0. The standard InChI is InChI=1S/C28H29N3O8/c1-36-20-11-7-10-19(12-20)16-29-26(33)22(13-18-8-5-4-6-9-18)31-25(32)17-39-21-14-23(27(34)37-2)30-24(15-21)28(35)38-3/h4-12,14-15,22H,13,16-17H2,1-3H3,(H,29,33)(H,31,32)/t22-/m0/s1. The van der Waals surface area contributed by atoms with Crippen molar-refractivity contribution in [3.63, 3.8) is 0 Å². The molecule has 2 amide bonds. The molecule has 204 valence electrons. The average Bonchev–Trinajstić information content (AvgIpc) is 2.98. The minimum Gasteiger partial charge on any atom is -0.497 e. The molecule has 1 aromatic heterocycles. The van der Waals surface area contributed by atoms with E-state index in [1.807, 2.05) is 42.5 Å². The monoisotopic (exact) mass is 535 g/mol. The number of carbonyl (C=O) groups excluding carboxylic acids is 4. The molecule has 2 N–H and O–H groups in total. The molecule has 0 saturated carbocycles. The second-order valence-corrected chi connectivity index (χ2v) is 8.22. The molecule has 0 aliphatic rings. The maximum absolute atomic E-state index is 13.1. The van der Waals surface area contributed by atoms with Gasteiger partial charge in [-0.25, -0.2) is 14.6 Å². The van der Waals surface area contributed by atoms with E-state index in [1.165, 1.54) is 12.1 Å². The van der Waals surface area contributed by atoms with Gasteiger partial charge in [-0.15, -0.1) is 0 Å². The van der Waals surface area contributed by atoms with Crippen molar-refractivity contribution in [2.24, 2.45) is 0 Å². The van der Waals surface area contributed by atoms with Crippen LogP contribution in [0.1, 0.15) is 32.1 Å². The zero-order chi connectivity index (χ0) is 28.2. The Morgan fingerprint density at radius 2 is 1.44 bits per heavy atom. The van der Waals surface area contributed by atoms with Crippen molar-refractivity contribution >= 4 is 23.8 Å². The molecule has 0 radical (unpaired) electrons. The summed E-state index contributed by atoms with van der Waals surface area (Å²) in [6.07, 6.45) is 0.241. The molecule has 0 fully saturated rings. The lowest BCUT2D eigenvalue weighted by molar-refractivity contribution is -0.130. The first-order valence-corrected chi connectivity index (χ1v) is 11.9. The van der Waals surface area contributed by atoms with Gasteiger partial charge in [0.05, 0.1) is 21.3 Å². The molecule has 11 heteroatoms. The number of ether oxygens (including phenoxy) is 4. The lowest BCUT2D eigenvalue weighted by atomic mass is 10.0. The summed E-state index contributed by atoms with van der Waals surface area (Å²) in [6.45, 7) is -0.267. The molecule has 1 heterocycles. The second-order valence-electron chi connectivity index (χ2n) is 8.22. The zero-order valence-electron chi connectivity index (χ0n) is 21.8. The highest BCUT2D eigenvalue weighted by Gasteiger charge is 2.22. The number of nitrogens with zero attached hydrogens (tertiary/aromatic N) is 1. The van der Waals surface area contributed by atoms with Crippen LogP contribution >= 0.6 is 0 Å². The Kier molecular flexibility index (Phi) is 10.4. The first-order valence-electron chi connectivity index (χ1n) is 11.9. The highest BCUT2D eigenvalue weighted by Crippen LogP contribution is 2.16. The Morgan fingerprint density at radius 3 is 2.05 bits per heavy atom. The highest BCUT2D eigenvalue weighted by atomic mass is 16.5. The first kappa shape index (κ1) is 28.6. The van der Waals surface area contributed by atoms with Crippen molar-refractivity contribution in [3.8, 4) is 11.5 Å². The van der Waals surface area contributed by atoms with Gasteiger partial charge in [-0.1, -0.05) is 42.5 Å². The maximum Gasteiger partial charge on any atom is 0.356 e. The fraction of sp³-hybridized carbons (Fsp3) is 0.250. The van der Waals surface area contributed by atoms with E-state index in [1.54, 1.807) is 19.2 Å². The van der Waals surface area contributed by atoms with Crippen LogP contribution in [-0.2, 0) is 32.0 Å². The van der Waals surface area contributed by atoms with E-state index in [-0.39, 0.29) is 36.0 Å². The number of esters is 2. The normalized spacial score (nSPS) is 11.1. The molecule has 3 rings (SSSR count). The summed E-state index contributed by atoms with van der Waals surface area (Å²) in [5.41, 5.74) is 1.28. The van der Waals surface area contributed by atoms with Crippen molar-refractivity contribution in [2.75, 3.05) is 27.9 Å². The van der Waals surface area contributed by atoms with Gasteiger partial charge >= 0.3 is 11.9 Å². The van der Waals surface area contributed by atoms with Crippen LogP contribution in [0.4, 0.5) is 0 Å². The predicted octanol–water partition coefficient (Wildman–Crippen LogP) is 2.09. The van der Waals surface area contributed by atoms with Gasteiger partial charge in [0.25, 0.3) is 5.91 Å². The van der Waals surface area contributed by atoms with Gasteiger partial charge in [0, 0.05) is 25.1 Å². The summed E-state index contributed by atoms with van der Waals surface area (Å²) in [5.74, 6) is -1.90. The topological polar surface area (TPSA) is 142 Å². The Balaban J connectivity index is 1.70. The van der Waals surface area contributed by atoms with Crippen LogP contribution in [0.2, 0.25) is 0 Å². The van der Waals surface area contributed by atoms with Crippen LogP contribution in [0.25, 0.3) is 0 Å². The third kappa shape index (κ3) is 8.56. The van der Waals surface area contributed by atoms with Crippen molar-refractivity contribution in [2.45, 2.75) is 19.0 Å². The molecule has 0 saturated heterocycles. The maximum atomic E-state index is 13.1. The van der Waals surface area contributed by atoms with E-state index < -0.39 is 30.5 Å². The lowest BCUT2D eigenvalue weighted by Crippen LogP contribution is -2.49. The van der Waals surface area contributed by atoms with Crippen molar-refractivity contribution in [1.29, 1.82) is 0 Å². The van der Waals surface area contributed by atoms with E-state index in [9.17, 15) is 19.2 Å². The van der Waals surface area contributed by atoms with Crippen molar-refractivity contribution in [3.05, 3.63) is 89.2 Å². The Labute approximate surface area is 225 Å². The number of rotatable bonds is 12. The Hall–Kier alpha value is -4.93. The Morgan fingerprint density at radius 1 is 0.795 bits per heavy atom. The van der Waals surface area contributed by atoms with Gasteiger partial charge in [0.15, 0.2) is 18.0 Å². The SMILES string of the molecule is COC(=O)c1cc(OCC(=O)N[C@@H](Cc2ccccc2)C(=O)NCc2cccc(OC)c2)cc(C(=O)OC)n1. The molecule has 0 aliphatic heterocycles. The molecule has 0 bridgehead atoms. The van der Waals surface area contributed by atoms with E-state index >= 15 is 0 Å². The molecule has 3 aromatic rings. The predicted molar refractivity (Wildman–Crippen MR) is 139 cm³/mol. The molecule has 1 atom stereocenters. The molecule has 0 spiro atoms. The van der Waals surface area contributed by atoms with Crippen LogP contribution in [0.5, 0.6) is 11.5 Å². The van der Waals surface area contributed by atoms with Crippen LogP contribution in [-0.4, -0.2) is 62.7 Å². The summed E-state index contributed by atoms with van der Waals surface area (Å²) in [4.78, 5) is 53.6. The van der Waals surface area contributed by atoms with E-state index in [4.69, 9.17) is 9.47 Å². The molecule has 11 nitrogen and oxygen atoms in total. The number of pyridine rings is 1. The Bertz CT molecular complexity index is 1280. The van der Waals surface area contributed by atoms with Gasteiger partial charge in [-0.3, -0.25) is 9.59 Å². The summed E-state index contributed by atoms with van der Waals surface area (Å²) in [5, 5.41) is 5.53. The van der Waals surface area contributed by atoms with Gasteiger partial charge < -0.3 is 29.6 Å². The zero-order valence-corrected chi connectivity index (χ0v) is 21.8. The fourth-order valence-corrected chi connectivity index (χ4v) is 3.55. The molecule has 2 aromatic carbocycles. The number of amides is 2. The van der Waals surface area contributed by atoms with Crippen molar-refractivity contribution in [1.82, 2.24) is 15.6 Å². The van der Waals surface area contributed by atoms with Gasteiger partial charge in [0.2, 0.25) is 5.91 Å². The minimum atomic E-state index is -0.900. The number of hydrogen-bond donors (Lipinski definition) is 2. The molecule has 0 aliphatic carbocycles. The van der Waals surface area contributed by atoms with E-state index in [0.717, 1.165) is 25.3 Å². The molecule has 39 heavy (non-hydrogen) atoms. The van der Waals surface area contributed by atoms with Gasteiger partial charge in [-0.2, -0.15) is 0 Å². The van der Waals surface area contributed by atoms with Crippen molar-refractivity contribution < 1.29 is 38.1 Å². The van der Waals surface area contributed by atoms with E-state index in [0.29, 0.717) is 5.75 Å². The smallest absolute Gasteiger partial charge is 0.356 e. The summed E-state index contributed by atoms with van der Waals surface area (Å²) in [6, 6.07) is 18.1. The second kappa shape index (κ2) is 14.1.